The van der Waals surface area contributed by atoms with E-state index in [1.54, 1.807) is 0 Å². The minimum Gasteiger partial charge on any atom is -0.389 e. The Morgan fingerprint density at radius 3 is 2.45 bits per heavy atom. The Labute approximate surface area is 124 Å². The van der Waals surface area contributed by atoms with Gasteiger partial charge in [0.15, 0.2) is 0 Å². The highest BCUT2D eigenvalue weighted by Crippen LogP contribution is 2.27. The number of aliphatic hydroxyl groups is 1. The molecule has 0 aliphatic rings. The van der Waals surface area contributed by atoms with Gasteiger partial charge >= 0.3 is 0 Å². The molecule has 0 heterocycles. The highest BCUT2D eigenvalue weighted by Gasteiger charge is 2.26. The third-order valence-electron chi connectivity index (χ3n) is 3.56. The number of benzene rings is 2. The lowest BCUT2D eigenvalue weighted by atomic mass is 9.86. The van der Waals surface area contributed by atoms with E-state index in [0.717, 1.165) is 5.56 Å². The zero-order valence-electron chi connectivity index (χ0n) is 11.4. The fourth-order valence-corrected chi connectivity index (χ4v) is 2.51. The van der Waals surface area contributed by atoms with Crippen molar-refractivity contribution < 1.29 is 9.50 Å². The average Bonchev–Trinajstić information content (AvgIpc) is 2.44. The fourth-order valence-electron chi connectivity index (χ4n) is 2.32. The van der Waals surface area contributed by atoms with E-state index in [-0.39, 0.29) is 5.82 Å². The maximum atomic E-state index is 13.3. The maximum Gasteiger partial charge on any atom is 0.123 e. The van der Waals surface area contributed by atoms with Crippen LogP contribution in [0, 0.1) is 5.82 Å². The van der Waals surface area contributed by atoms with Crippen molar-refractivity contribution in [2.75, 3.05) is 0 Å². The van der Waals surface area contributed by atoms with E-state index in [4.69, 9.17) is 11.6 Å². The Hall–Kier alpha value is -1.38. The van der Waals surface area contributed by atoms with Crippen LogP contribution in [0.2, 0.25) is 5.02 Å². The average molecular weight is 293 g/mol. The molecule has 20 heavy (non-hydrogen) atoms. The first kappa shape index (κ1) is 15.0. The second kappa shape index (κ2) is 6.38. The van der Waals surface area contributed by atoms with E-state index in [9.17, 15) is 9.50 Å². The largest absolute Gasteiger partial charge is 0.389 e. The van der Waals surface area contributed by atoms with E-state index in [0.29, 0.717) is 29.8 Å². The molecule has 0 saturated carbocycles. The second-order valence-corrected chi connectivity index (χ2v) is 5.56. The third kappa shape index (κ3) is 3.81. The van der Waals surface area contributed by atoms with Crippen molar-refractivity contribution >= 4 is 11.6 Å². The number of hydrogen-bond acceptors (Lipinski definition) is 1. The molecule has 0 fully saturated rings. The van der Waals surface area contributed by atoms with Crippen molar-refractivity contribution in [3.05, 3.63) is 70.5 Å². The fraction of sp³-hybridized carbons (Fsp3) is 0.294. The lowest BCUT2D eigenvalue weighted by Gasteiger charge is -2.27. The Kier molecular flexibility index (Phi) is 4.79. The van der Waals surface area contributed by atoms with Gasteiger partial charge in [-0.15, -0.1) is 0 Å². The van der Waals surface area contributed by atoms with E-state index in [1.807, 2.05) is 37.3 Å². The summed E-state index contributed by atoms with van der Waals surface area (Å²) in [6.07, 6.45) is 1.45. The smallest absolute Gasteiger partial charge is 0.123 e. The van der Waals surface area contributed by atoms with Crippen molar-refractivity contribution in [3.63, 3.8) is 0 Å². The lowest BCUT2D eigenvalue weighted by molar-refractivity contribution is 0.0368. The molecule has 1 nitrogen and oxygen atoms in total. The van der Waals surface area contributed by atoms with Gasteiger partial charge in [-0.1, -0.05) is 48.9 Å². The molecule has 2 aromatic rings. The van der Waals surface area contributed by atoms with Crippen molar-refractivity contribution in [2.45, 2.75) is 31.8 Å². The van der Waals surface area contributed by atoms with Gasteiger partial charge in [0.2, 0.25) is 0 Å². The molecule has 0 aliphatic carbocycles. The summed E-state index contributed by atoms with van der Waals surface area (Å²) in [6, 6.07) is 14.0. The van der Waals surface area contributed by atoms with Gasteiger partial charge < -0.3 is 5.11 Å². The van der Waals surface area contributed by atoms with Gasteiger partial charge in [0.25, 0.3) is 0 Å². The van der Waals surface area contributed by atoms with E-state index in [2.05, 4.69) is 0 Å². The maximum absolute atomic E-state index is 13.3. The first-order valence-corrected chi connectivity index (χ1v) is 7.10. The van der Waals surface area contributed by atoms with Gasteiger partial charge in [-0.3, -0.25) is 0 Å². The van der Waals surface area contributed by atoms with E-state index < -0.39 is 5.60 Å². The molecule has 0 saturated heterocycles. The number of hydrogen-bond donors (Lipinski definition) is 1. The van der Waals surface area contributed by atoms with Crippen LogP contribution in [0.4, 0.5) is 4.39 Å². The zero-order valence-corrected chi connectivity index (χ0v) is 12.2. The first-order valence-electron chi connectivity index (χ1n) is 6.73. The SMILES string of the molecule is CCC(O)(Cc1ccccc1)Cc1cc(F)ccc1Cl. The van der Waals surface area contributed by atoms with Gasteiger partial charge in [-0.2, -0.15) is 0 Å². The topological polar surface area (TPSA) is 20.2 Å². The Morgan fingerprint density at radius 2 is 1.80 bits per heavy atom. The first-order chi connectivity index (χ1) is 9.52. The summed E-state index contributed by atoms with van der Waals surface area (Å²) < 4.78 is 13.3. The summed E-state index contributed by atoms with van der Waals surface area (Å²) in [4.78, 5) is 0. The molecule has 1 atom stereocenters. The van der Waals surface area contributed by atoms with Crippen LogP contribution in [-0.2, 0) is 12.8 Å². The molecule has 3 heteroatoms. The quantitative estimate of drug-likeness (QED) is 0.866. The van der Waals surface area contributed by atoms with Crippen LogP contribution in [0.25, 0.3) is 0 Å². The Balaban J connectivity index is 2.20. The summed E-state index contributed by atoms with van der Waals surface area (Å²) in [5.41, 5.74) is 0.787. The van der Waals surface area contributed by atoms with Gasteiger partial charge in [-0.05, 0) is 35.7 Å². The van der Waals surface area contributed by atoms with Gasteiger partial charge in [0, 0.05) is 17.9 Å². The summed E-state index contributed by atoms with van der Waals surface area (Å²) in [7, 11) is 0. The molecule has 106 valence electrons. The lowest BCUT2D eigenvalue weighted by Crippen LogP contribution is -2.33. The number of rotatable bonds is 5. The molecule has 0 radical (unpaired) electrons. The summed E-state index contributed by atoms with van der Waals surface area (Å²) in [5.74, 6) is -0.331. The standard InChI is InChI=1S/C17H18ClFO/c1-2-17(20,11-13-6-4-3-5-7-13)12-14-10-15(19)8-9-16(14)18/h3-10,20H,2,11-12H2,1H3. The summed E-state index contributed by atoms with van der Waals surface area (Å²) >= 11 is 6.08. The molecule has 2 rings (SSSR count). The monoisotopic (exact) mass is 292 g/mol. The second-order valence-electron chi connectivity index (χ2n) is 5.15. The molecule has 0 aliphatic heterocycles. The van der Waals surface area contributed by atoms with Crippen molar-refractivity contribution in [1.29, 1.82) is 0 Å². The van der Waals surface area contributed by atoms with E-state index >= 15 is 0 Å². The predicted octanol–water partition coefficient (Wildman–Crippen LogP) is 4.41. The normalized spacial score (nSPS) is 14.0. The van der Waals surface area contributed by atoms with Crippen LogP contribution >= 0.6 is 11.6 Å². The third-order valence-corrected chi connectivity index (χ3v) is 3.93. The van der Waals surface area contributed by atoms with Crippen LogP contribution in [0.15, 0.2) is 48.5 Å². The van der Waals surface area contributed by atoms with Gasteiger partial charge in [-0.25, -0.2) is 4.39 Å². The molecule has 1 N–H and O–H groups in total. The molecular weight excluding hydrogens is 275 g/mol. The molecule has 2 aromatic carbocycles. The molecule has 1 unspecified atom stereocenters. The highest BCUT2D eigenvalue weighted by molar-refractivity contribution is 6.31. The summed E-state index contributed by atoms with van der Waals surface area (Å²) in [5, 5.41) is 11.3. The Bertz CT molecular complexity index is 570. The van der Waals surface area contributed by atoms with Gasteiger partial charge in [0.05, 0.1) is 5.60 Å². The molecule has 0 aromatic heterocycles. The van der Waals surface area contributed by atoms with E-state index in [1.165, 1.54) is 18.2 Å². The minimum absolute atomic E-state index is 0.331. The van der Waals surface area contributed by atoms with Crippen LogP contribution in [0.5, 0.6) is 0 Å². The minimum atomic E-state index is -0.918. The number of halogens is 2. The molecule has 0 amide bonds. The summed E-state index contributed by atoms with van der Waals surface area (Å²) in [6.45, 7) is 1.93. The van der Waals surface area contributed by atoms with Crippen LogP contribution in [-0.4, -0.2) is 10.7 Å². The van der Waals surface area contributed by atoms with Crippen LogP contribution in [0.1, 0.15) is 24.5 Å². The highest BCUT2D eigenvalue weighted by atomic mass is 35.5. The zero-order chi connectivity index (χ0) is 14.6. The Morgan fingerprint density at radius 1 is 1.10 bits per heavy atom. The van der Waals surface area contributed by atoms with Gasteiger partial charge in [0.1, 0.15) is 5.82 Å². The molecule has 0 spiro atoms. The van der Waals surface area contributed by atoms with Crippen LogP contribution < -0.4 is 0 Å². The predicted molar refractivity (Wildman–Crippen MR) is 80.5 cm³/mol. The van der Waals surface area contributed by atoms with Crippen molar-refractivity contribution in [1.82, 2.24) is 0 Å². The van der Waals surface area contributed by atoms with Crippen molar-refractivity contribution in [2.24, 2.45) is 0 Å². The van der Waals surface area contributed by atoms with Crippen LogP contribution in [0.3, 0.4) is 0 Å². The molecular formula is C17H18ClFO. The van der Waals surface area contributed by atoms with Crippen molar-refractivity contribution in [3.8, 4) is 0 Å². The molecule has 0 bridgehead atoms.